The van der Waals surface area contributed by atoms with Crippen molar-refractivity contribution in [3.05, 3.63) is 40.2 Å². The summed E-state index contributed by atoms with van der Waals surface area (Å²) in [6.45, 7) is 2.47. The molecule has 0 radical (unpaired) electrons. The highest BCUT2D eigenvalue weighted by molar-refractivity contribution is 7.09. The normalized spacial score (nSPS) is 10.2. The van der Waals surface area contributed by atoms with Crippen molar-refractivity contribution < 1.29 is 4.74 Å². The van der Waals surface area contributed by atoms with Crippen LogP contribution in [0.5, 0.6) is 5.88 Å². The lowest BCUT2D eigenvalue weighted by atomic mass is 10.3. The Bertz CT molecular complexity index is 440. The van der Waals surface area contributed by atoms with Crippen molar-refractivity contribution in [3.8, 4) is 5.88 Å². The van der Waals surface area contributed by atoms with Crippen molar-refractivity contribution in [2.45, 2.75) is 13.5 Å². The van der Waals surface area contributed by atoms with Gasteiger partial charge in [0.1, 0.15) is 6.61 Å². The Morgan fingerprint density at radius 1 is 1.53 bits per heavy atom. The first-order chi connectivity index (χ1) is 7.25. The van der Waals surface area contributed by atoms with E-state index in [1.165, 1.54) is 4.88 Å². The quantitative estimate of drug-likeness (QED) is 0.865. The third-order valence-corrected chi connectivity index (χ3v) is 2.91. The van der Waals surface area contributed by atoms with Gasteiger partial charge in [0.05, 0.1) is 0 Å². The van der Waals surface area contributed by atoms with Crippen LogP contribution in [0.2, 0.25) is 0 Å². The third-order valence-electron chi connectivity index (χ3n) is 2.06. The molecule has 0 bridgehead atoms. The molecule has 0 aliphatic heterocycles. The Labute approximate surface area is 92.5 Å². The summed E-state index contributed by atoms with van der Waals surface area (Å²) in [5, 5.41) is 2.02. The summed E-state index contributed by atoms with van der Waals surface area (Å²) in [4.78, 5) is 5.32. The van der Waals surface area contributed by atoms with Crippen LogP contribution in [0.15, 0.2) is 29.8 Å². The molecular weight excluding hydrogens is 208 g/mol. The molecule has 4 heteroatoms. The number of nitrogens with zero attached hydrogens (tertiary/aromatic N) is 1. The van der Waals surface area contributed by atoms with Gasteiger partial charge in [-0.25, -0.2) is 4.98 Å². The van der Waals surface area contributed by atoms with Gasteiger partial charge in [-0.05, 0) is 23.9 Å². The first kappa shape index (κ1) is 9.98. The molecule has 0 unspecified atom stereocenters. The summed E-state index contributed by atoms with van der Waals surface area (Å²) in [6.07, 6.45) is 1.72. The van der Waals surface area contributed by atoms with Crippen LogP contribution < -0.4 is 10.5 Å². The van der Waals surface area contributed by atoms with Crippen LogP contribution in [-0.4, -0.2) is 4.98 Å². The minimum Gasteiger partial charge on any atom is -0.472 e. The average Bonchev–Trinajstić information content (AvgIpc) is 2.73. The van der Waals surface area contributed by atoms with Crippen LogP contribution in [-0.2, 0) is 6.61 Å². The van der Waals surface area contributed by atoms with Crippen LogP contribution in [0.25, 0.3) is 0 Å². The van der Waals surface area contributed by atoms with Crippen LogP contribution in [0, 0.1) is 6.92 Å². The monoisotopic (exact) mass is 220 g/mol. The maximum atomic E-state index is 5.75. The van der Waals surface area contributed by atoms with Crippen molar-refractivity contribution in [2.24, 2.45) is 0 Å². The molecule has 0 atom stereocenters. The molecule has 78 valence electrons. The van der Waals surface area contributed by atoms with Gasteiger partial charge in [-0.3, -0.25) is 0 Å². The number of aromatic nitrogens is 1. The number of hydrogen-bond acceptors (Lipinski definition) is 4. The Hall–Kier alpha value is -1.55. The molecule has 0 aliphatic rings. The zero-order valence-corrected chi connectivity index (χ0v) is 9.25. The van der Waals surface area contributed by atoms with Crippen LogP contribution in [0.1, 0.15) is 10.4 Å². The van der Waals surface area contributed by atoms with Gasteiger partial charge in [0, 0.05) is 22.8 Å². The number of thiophene rings is 1. The molecule has 15 heavy (non-hydrogen) atoms. The van der Waals surface area contributed by atoms with E-state index >= 15 is 0 Å². The summed E-state index contributed by atoms with van der Waals surface area (Å²) >= 11 is 1.67. The van der Waals surface area contributed by atoms with Gasteiger partial charge in [-0.15, -0.1) is 11.3 Å². The second-order valence-electron chi connectivity index (χ2n) is 3.25. The van der Waals surface area contributed by atoms with E-state index in [0.29, 0.717) is 18.2 Å². The smallest absolute Gasteiger partial charge is 0.215 e. The number of aryl methyl sites for hydroxylation is 1. The van der Waals surface area contributed by atoms with Crippen LogP contribution >= 0.6 is 11.3 Å². The Morgan fingerprint density at radius 3 is 3.07 bits per heavy atom. The average molecular weight is 220 g/mol. The van der Waals surface area contributed by atoms with Gasteiger partial charge in [-0.1, -0.05) is 6.07 Å². The van der Waals surface area contributed by atoms with Crippen molar-refractivity contribution >= 4 is 17.0 Å². The number of anilines is 1. The topological polar surface area (TPSA) is 48.1 Å². The van der Waals surface area contributed by atoms with E-state index in [9.17, 15) is 0 Å². The van der Waals surface area contributed by atoms with Gasteiger partial charge >= 0.3 is 0 Å². The fraction of sp³-hybridized carbons (Fsp3) is 0.182. The molecule has 2 rings (SSSR count). The molecule has 0 spiro atoms. The SMILES string of the molecule is Cc1cnc(OCc2cccs2)cc1N. The number of rotatable bonds is 3. The van der Waals surface area contributed by atoms with Crippen molar-refractivity contribution in [3.63, 3.8) is 0 Å². The summed E-state index contributed by atoms with van der Waals surface area (Å²) in [6, 6.07) is 5.78. The summed E-state index contributed by atoms with van der Waals surface area (Å²) in [5.74, 6) is 0.575. The number of pyridine rings is 1. The maximum absolute atomic E-state index is 5.75. The van der Waals surface area contributed by atoms with Gasteiger partial charge in [0.2, 0.25) is 5.88 Å². The zero-order valence-electron chi connectivity index (χ0n) is 8.43. The Morgan fingerprint density at radius 2 is 2.40 bits per heavy atom. The second kappa shape index (κ2) is 4.31. The molecule has 0 aromatic carbocycles. The summed E-state index contributed by atoms with van der Waals surface area (Å²) < 4.78 is 5.51. The minimum atomic E-state index is 0.549. The highest BCUT2D eigenvalue weighted by atomic mass is 32.1. The maximum Gasteiger partial charge on any atom is 0.215 e. The van der Waals surface area contributed by atoms with E-state index in [0.717, 1.165) is 5.56 Å². The predicted molar refractivity (Wildman–Crippen MR) is 62.0 cm³/mol. The molecule has 0 fully saturated rings. The molecule has 0 saturated heterocycles. The van der Waals surface area contributed by atoms with E-state index in [2.05, 4.69) is 4.98 Å². The van der Waals surface area contributed by atoms with E-state index in [-0.39, 0.29) is 0 Å². The largest absolute Gasteiger partial charge is 0.472 e. The third kappa shape index (κ3) is 2.47. The molecule has 2 aromatic heterocycles. The Kier molecular flexibility index (Phi) is 2.87. The van der Waals surface area contributed by atoms with E-state index < -0.39 is 0 Å². The van der Waals surface area contributed by atoms with E-state index in [4.69, 9.17) is 10.5 Å². The number of nitrogen functional groups attached to an aromatic ring is 1. The first-order valence-electron chi connectivity index (χ1n) is 4.63. The van der Waals surface area contributed by atoms with Crippen molar-refractivity contribution in [1.82, 2.24) is 4.98 Å². The van der Waals surface area contributed by atoms with Gasteiger partial charge in [0.15, 0.2) is 0 Å². The number of hydrogen-bond donors (Lipinski definition) is 1. The lowest BCUT2D eigenvalue weighted by Gasteiger charge is -2.05. The van der Waals surface area contributed by atoms with E-state index in [1.54, 1.807) is 23.6 Å². The minimum absolute atomic E-state index is 0.549. The molecule has 3 nitrogen and oxygen atoms in total. The lowest BCUT2D eigenvalue weighted by Crippen LogP contribution is -1.97. The molecule has 0 saturated carbocycles. The molecule has 0 aliphatic carbocycles. The number of nitrogens with two attached hydrogens (primary N) is 1. The van der Waals surface area contributed by atoms with Gasteiger partial charge in [0.25, 0.3) is 0 Å². The van der Waals surface area contributed by atoms with Gasteiger partial charge in [-0.2, -0.15) is 0 Å². The fourth-order valence-corrected chi connectivity index (χ4v) is 1.75. The second-order valence-corrected chi connectivity index (χ2v) is 4.28. The summed E-state index contributed by atoms with van der Waals surface area (Å²) in [7, 11) is 0. The predicted octanol–water partition coefficient (Wildman–Crippen LogP) is 2.61. The Balaban J connectivity index is 2.02. The molecular formula is C11H12N2OS. The van der Waals surface area contributed by atoms with Crippen molar-refractivity contribution in [1.29, 1.82) is 0 Å². The molecule has 2 N–H and O–H groups in total. The first-order valence-corrected chi connectivity index (χ1v) is 5.51. The van der Waals surface area contributed by atoms with Crippen LogP contribution in [0.4, 0.5) is 5.69 Å². The summed E-state index contributed by atoms with van der Waals surface area (Å²) in [5.41, 5.74) is 7.44. The van der Waals surface area contributed by atoms with Crippen molar-refractivity contribution in [2.75, 3.05) is 5.73 Å². The number of ether oxygens (including phenoxy) is 1. The highest BCUT2D eigenvalue weighted by Crippen LogP contribution is 2.17. The van der Waals surface area contributed by atoms with Gasteiger partial charge < -0.3 is 10.5 Å². The highest BCUT2D eigenvalue weighted by Gasteiger charge is 2.00. The zero-order chi connectivity index (χ0) is 10.7. The standard InChI is InChI=1S/C11H12N2OS/c1-8-6-13-11(5-10(8)12)14-7-9-3-2-4-15-9/h2-6H,7H2,1H3,(H2,12,13). The fourth-order valence-electron chi connectivity index (χ4n) is 1.14. The van der Waals surface area contributed by atoms with E-state index in [1.807, 2.05) is 24.4 Å². The molecule has 2 aromatic rings. The molecule has 0 amide bonds. The van der Waals surface area contributed by atoms with Crippen LogP contribution in [0.3, 0.4) is 0 Å². The lowest BCUT2D eigenvalue weighted by molar-refractivity contribution is 0.297. The molecule has 2 heterocycles.